The third kappa shape index (κ3) is 3.78. The van der Waals surface area contributed by atoms with Gasteiger partial charge in [-0.2, -0.15) is 0 Å². The summed E-state index contributed by atoms with van der Waals surface area (Å²) in [6, 6.07) is 9.79. The molecule has 0 spiro atoms. The van der Waals surface area contributed by atoms with E-state index < -0.39 is 0 Å². The summed E-state index contributed by atoms with van der Waals surface area (Å²) in [5, 5.41) is 3.73. The minimum atomic E-state index is 0.360. The first-order valence-corrected chi connectivity index (χ1v) is 8.36. The lowest BCUT2D eigenvalue weighted by Crippen LogP contribution is -2.51. The van der Waals surface area contributed by atoms with E-state index >= 15 is 0 Å². The predicted molar refractivity (Wildman–Crippen MR) is 88.9 cm³/mol. The first kappa shape index (κ1) is 16.3. The number of hydrogen-bond acceptors (Lipinski definition) is 3. The van der Waals surface area contributed by atoms with Gasteiger partial charge in [0.1, 0.15) is 12.4 Å². The van der Waals surface area contributed by atoms with Crippen LogP contribution in [0.4, 0.5) is 0 Å². The largest absolute Gasteiger partial charge is 0.492 e. The predicted octanol–water partition coefficient (Wildman–Crippen LogP) is 3.61. The summed E-state index contributed by atoms with van der Waals surface area (Å²) in [5.41, 5.74) is 1.30. The van der Waals surface area contributed by atoms with Crippen molar-refractivity contribution in [3.05, 3.63) is 29.8 Å². The van der Waals surface area contributed by atoms with Gasteiger partial charge in [-0.15, -0.1) is 0 Å². The lowest BCUT2D eigenvalue weighted by atomic mass is 9.94. The molecular weight excluding hydrogens is 260 g/mol. The molecule has 0 amide bonds. The molecule has 21 heavy (non-hydrogen) atoms. The molecule has 1 aliphatic rings. The minimum absolute atomic E-state index is 0.360. The Balaban J connectivity index is 2.20. The first-order valence-electron chi connectivity index (χ1n) is 8.36. The van der Waals surface area contributed by atoms with Gasteiger partial charge in [0.2, 0.25) is 0 Å². The van der Waals surface area contributed by atoms with E-state index in [9.17, 15) is 0 Å². The fourth-order valence-corrected chi connectivity index (χ4v) is 3.19. The van der Waals surface area contributed by atoms with Crippen LogP contribution in [0.15, 0.2) is 24.3 Å². The topological polar surface area (TPSA) is 24.5 Å². The van der Waals surface area contributed by atoms with Gasteiger partial charge in [-0.3, -0.25) is 4.90 Å². The molecule has 1 aromatic rings. The van der Waals surface area contributed by atoms with Crippen LogP contribution in [0, 0.1) is 0 Å². The molecule has 1 aromatic carbocycles. The van der Waals surface area contributed by atoms with Gasteiger partial charge in [-0.05, 0) is 39.4 Å². The molecule has 0 saturated heterocycles. The number of fused-ring (bicyclic) bond motifs is 1. The van der Waals surface area contributed by atoms with Crippen LogP contribution in [0.1, 0.15) is 51.6 Å². The smallest absolute Gasteiger partial charge is 0.124 e. The Morgan fingerprint density at radius 2 is 2.05 bits per heavy atom. The van der Waals surface area contributed by atoms with Gasteiger partial charge in [-0.1, -0.05) is 38.5 Å². The lowest BCUT2D eigenvalue weighted by molar-refractivity contribution is 0.0760. The van der Waals surface area contributed by atoms with Crippen molar-refractivity contribution in [3.63, 3.8) is 0 Å². The molecule has 3 nitrogen and oxygen atoms in total. The van der Waals surface area contributed by atoms with Crippen molar-refractivity contribution in [1.29, 1.82) is 0 Å². The number of nitrogens with zero attached hydrogens (tertiary/aromatic N) is 1. The van der Waals surface area contributed by atoms with Crippen molar-refractivity contribution in [2.24, 2.45) is 0 Å². The fourth-order valence-electron chi connectivity index (χ4n) is 3.19. The van der Waals surface area contributed by atoms with Crippen LogP contribution >= 0.6 is 0 Å². The summed E-state index contributed by atoms with van der Waals surface area (Å²) < 4.78 is 6.01. The quantitative estimate of drug-likeness (QED) is 0.830. The molecule has 0 radical (unpaired) electrons. The van der Waals surface area contributed by atoms with Crippen LogP contribution in [0.5, 0.6) is 5.75 Å². The Morgan fingerprint density at radius 3 is 2.76 bits per heavy atom. The number of nitrogens with one attached hydrogen (secondary N) is 1. The van der Waals surface area contributed by atoms with Gasteiger partial charge in [0.05, 0.1) is 12.1 Å². The lowest BCUT2D eigenvalue weighted by Gasteiger charge is -2.42. The van der Waals surface area contributed by atoms with Crippen molar-refractivity contribution in [3.8, 4) is 5.75 Å². The van der Waals surface area contributed by atoms with Crippen LogP contribution in [0.3, 0.4) is 0 Å². The fraction of sp³-hybridized carbons (Fsp3) is 0.667. The van der Waals surface area contributed by atoms with Crippen molar-refractivity contribution >= 4 is 0 Å². The monoisotopic (exact) mass is 290 g/mol. The highest BCUT2D eigenvalue weighted by atomic mass is 16.5. The second-order valence-electron chi connectivity index (χ2n) is 6.15. The number of rotatable bonds is 7. The molecular formula is C18H30N2O. The Hall–Kier alpha value is -1.06. The molecule has 1 aliphatic heterocycles. The van der Waals surface area contributed by atoms with Gasteiger partial charge >= 0.3 is 0 Å². The molecule has 2 rings (SSSR count). The van der Waals surface area contributed by atoms with Crippen LogP contribution in [0.25, 0.3) is 0 Å². The SMILES string of the molecule is CCCNC1c2ccccc2OCC1N(C)C(C)CCC. The highest BCUT2D eigenvalue weighted by Gasteiger charge is 2.34. The highest BCUT2D eigenvalue weighted by molar-refractivity contribution is 5.38. The van der Waals surface area contributed by atoms with Gasteiger partial charge in [0, 0.05) is 11.6 Å². The minimum Gasteiger partial charge on any atom is -0.492 e. The maximum absolute atomic E-state index is 6.01. The Morgan fingerprint density at radius 1 is 1.29 bits per heavy atom. The van der Waals surface area contributed by atoms with Gasteiger partial charge in [-0.25, -0.2) is 0 Å². The Labute approximate surface area is 129 Å². The van der Waals surface area contributed by atoms with E-state index in [1.807, 2.05) is 0 Å². The summed E-state index contributed by atoms with van der Waals surface area (Å²) >= 11 is 0. The zero-order valence-corrected chi connectivity index (χ0v) is 13.9. The molecule has 0 bridgehead atoms. The number of likely N-dealkylation sites (N-methyl/N-ethyl adjacent to an activating group) is 1. The second kappa shape index (κ2) is 7.81. The van der Waals surface area contributed by atoms with Crippen molar-refractivity contribution < 1.29 is 4.74 Å². The molecule has 0 saturated carbocycles. The Kier molecular flexibility index (Phi) is 6.07. The van der Waals surface area contributed by atoms with E-state index in [2.05, 4.69) is 62.3 Å². The van der Waals surface area contributed by atoms with Crippen molar-refractivity contribution in [1.82, 2.24) is 10.2 Å². The molecule has 0 aromatic heterocycles. The zero-order valence-electron chi connectivity index (χ0n) is 13.9. The molecule has 118 valence electrons. The van der Waals surface area contributed by atoms with Crippen molar-refractivity contribution in [2.45, 2.75) is 58.2 Å². The molecule has 3 atom stereocenters. The number of benzene rings is 1. The summed E-state index contributed by atoms with van der Waals surface area (Å²) in [4.78, 5) is 2.49. The average Bonchev–Trinajstić information content (AvgIpc) is 2.52. The van der Waals surface area contributed by atoms with Crippen molar-refractivity contribution in [2.75, 3.05) is 20.2 Å². The highest BCUT2D eigenvalue weighted by Crippen LogP contribution is 2.34. The van der Waals surface area contributed by atoms with Gasteiger partial charge < -0.3 is 10.1 Å². The summed E-state index contributed by atoms with van der Waals surface area (Å²) in [6.07, 6.45) is 3.61. The third-order valence-corrected chi connectivity index (χ3v) is 4.59. The molecule has 1 N–H and O–H groups in total. The van der Waals surface area contributed by atoms with Crippen LogP contribution in [0.2, 0.25) is 0 Å². The van der Waals surface area contributed by atoms with E-state index in [0.717, 1.165) is 25.3 Å². The average molecular weight is 290 g/mol. The first-order chi connectivity index (χ1) is 10.2. The Bertz CT molecular complexity index is 435. The normalized spacial score (nSPS) is 22.7. The molecule has 0 aliphatic carbocycles. The molecule has 3 unspecified atom stereocenters. The summed E-state index contributed by atoms with van der Waals surface area (Å²) in [7, 11) is 2.24. The van der Waals surface area contributed by atoms with E-state index in [0.29, 0.717) is 18.1 Å². The molecule has 3 heteroatoms. The third-order valence-electron chi connectivity index (χ3n) is 4.59. The van der Waals surface area contributed by atoms with Crippen LogP contribution < -0.4 is 10.1 Å². The summed E-state index contributed by atoms with van der Waals surface area (Å²) in [5.74, 6) is 1.04. The molecule has 1 heterocycles. The number of ether oxygens (including phenoxy) is 1. The molecule has 0 fully saturated rings. The van der Waals surface area contributed by atoms with Gasteiger partial charge in [0.15, 0.2) is 0 Å². The van der Waals surface area contributed by atoms with E-state index in [4.69, 9.17) is 4.74 Å². The van der Waals surface area contributed by atoms with Crippen LogP contribution in [-0.4, -0.2) is 37.2 Å². The standard InChI is InChI=1S/C18H30N2O/c1-5-9-14(3)20(4)16-13-21-17-11-8-7-10-15(17)18(16)19-12-6-2/h7-8,10-11,14,16,18-19H,5-6,9,12-13H2,1-4H3. The number of hydrogen-bond donors (Lipinski definition) is 1. The van der Waals surface area contributed by atoms with Gasteiger partial charge in [0.25, 0.3) is 0 Å². The number of para-hydroxylation sites is 1. The zero-order chi connectivity index (χ0) is 15.2. The second-order valence-corrected chi connectivity index (χ2v) is 6.15. The maximum Gasteiger partial charge on any atom is 0.124 e. The summed E-state index contributed by atoms with van der Waals surface area (Å²) in [6.45, 7) is 8.61. The van der Waals surface area contributed by atoms with E-state index in [1.165, 1.54) is 18.4 Å². The van der Waals surface area contributed by atoms with Crippen LogP contribution in [-0.2, 0) is 0 Å². The van der Waals surface area contributed by atoms with E-state index in [-0.39, 0.29) is 0 Å². The maximum atomic E-state index is 6.01. The van der Waals surface area contributed by atoms with E-state index in [1.54, 1.807) is 0 Å².